The summed E-state index contributed by atoms with van der Waals surface area (Å²) in [4.78, 5) is 11.8. The Morgan fingerprint density at radius 1 is 1.38 bits per heavy atom. The summed E-state index contributed by atoms with van der Waals surface area (Å²) in [5.41, 5.74) is 1.92. The summed E-state index contributed by atoms with van der Waals surface area (Å²) < 4.78 is 0. The highest BCUT2D eigenvalue weighted by Crippen LogP contribution is 2.30. The number of aliphatic hydroxyl groups is 1. The minimum Gasteiger partial charge on any atom is -0.388 e. The van der Waals surface area contributed by atoms with Gasteiger partial charge in [0.2, 0.25) is 0 Å². The van der Waals surface area contributed by atoms with E-state index in [0.29, 0.717) is 12.2 Å². The van der Waals surface area contributed by atoms with E-state index in [4.69, 9.17) is 0 Å². The Balaban J connectivity index is 1.59. The molecule has 6 nitrogen and oxygen atoms in total. The molecule has 110 valence electrons. The fourth-order valence-electron chi connectivity index (χ4n) is 2.37. The largest absolute Gasteiger partial charge is 0.388 e. The molecule has 0 bridgehead atoms. The third kappa shape index (κ3) is 3.22. The van der Waals surface area contributed by atoms with Crippen LogP contribution in [0.15, 0.2) is 36.7 Å². The number of anilines is 1. The zero-order chi connectivity index (χ0) is 14.7. The molecule has 0 unspecified atom stereocenters. The van der Waals surface area contributed by atoms with Gasteiger partial charge in [-0.25, -0.2) is 4.79 Å². The average molecular weight is 286 g/mol. The number of carbonyl (C=O) groups excluding carboxylic acids is 1. The van der Waals surface area contributed by atoms with Crippen molar-refractivity contribution in [3.8, 4) is 11.1 Å². The summed E-state index contributed by atoms with van der Waals surface area (Å²) in [6.45, 7) is 0.292. The van der Waals surface area contributed by atoms with Gasteiger partial charge in [-0.05, 0) is 37.0 Å². The summed E-state index contributed by atoms with van der Waals surface area (Å²) in [5, 5.41) is 22.1. The van der Waals surface area contributed by atoms with Gasteiger partial charge in [0.15, 0.2) is 0 Å². The number of nitrogens with one attached hydrogen (secondary N) is 3. The molecule has 21 heavy (non-hydrogen) atoms. The molecule has 1 aromatic carbocycles. The molecule has 1 saturated carbocycles. The molecular weight excluding hydrogens is 268 g/mol. The van der Waals surface area contributed by atoms with Crippen LogP contribution in [-0.2, 0) is 0 Å². The fraction of sp³-hybridized carbons (Fsp3) is 0.333. The van der Waals surface area contributed by atoms with Crippen LogP contribution >= 0.6 is 0 Å². The Kier molecular flexibility index (Phi) is 3.62. The SMILES string of the molecule is O=C(NCC1(O)CCC1)Nc1cccc(-c2cn[nH]c2)c1. The third-order valence-corrected chi connectivity index (χ3v) is 3.81. The van der Waals surface area contributed by atoms with E-state index < -0.39 is 5.60 Å². The first-order chi connectivity index (χ1) is 10.1. The van der Waals surface area contributed by atoms with Gasteiger partial charge in [0.05, 0.1) is 11.8 Å². The lowest BCUT2D eigenvalue weighted by molar-refractivity contribution is -0.0287. The Bertz CT molecular complexity index is 620. The van der Waals surface area contributed by atoms with Crippen molar-refractivity contribution in [1.82, 2.24) is 15.5 Å². The van der Waals surface area contributed by atoms with Crippen LogP contribution < -0.4 is 10.6 Å². The van der Waals surface area contributed by atoms with Crippen LogP contribution in [0.3, 0.4) is 0 Å². The first kappa shape index (κ1) is 13.6. The number of rotatable bonds is 4. The lowest BCUT2D eigenvalue weighted by atomic mass is 9.80. The van der Waals surface area contributed by atoms with E-state index in [1.165, 1.54) is 0 Å². The molecule has 0 spiro atoms. The number of aromatic amines is 1. The summed E-state index contributed by atoms with van der Waals surface area (Å²) >= 11 is 0. The van der Waals surface area contributed by atoms with Gasteiger partial charge in [-0.2, -0.15) is 5.10 Å². The molecule has 2 aromatic rings. The number of urea groups is 1. The van der Waals surface area contributed by atoms with Crippen molar-refractivity contribution in [3.63, 3.8) is 0 Å². The number of carbonyl (C=O) groups is 1. The van der Waals surface area contributed by atoms with Crippen LogP contribution in [-0.4, -0.2) is 33.5 Å². The van der Waals surface area contributed by atoms with Gasteiger partial charge < -0.3 is 15.7 Å². The molecule has 2 amide bonds. The van der Waals surface area contributed by atoms with Crippen molar-refractivity contribution < 1.29 is 9.90 Å². The summed E-state index contributed by atoms with van der Waals surface area (Å²) in [6.07, 6.45) is 6.05. The van der Waals surface area contributed by atoms with Crippen LogP contribution in [0.25, 0.3) is 11.1 Å². The average Bonchev–Trinajstić information content (AvgIpc) is 2.97. The lowest BCUT2D eigenvalue weighted by Crippen LogP contribution is -2.48. The second-order valence-corrected chi connectivity index (χ2v) is 5.45. The number of H-pyrrole nitrogens is 1. The second-order valence-electron chi connectivity index (χ2n) is 5.45. The smallest absolute Gasteiger partial charge is 0.319 e. The molecule has 1 aromatic heterocycles. The van der Waals surface area contributed by atoms with E-state index >= 15 is 0 Å². The highest BCUT2D eigenvalue weighted by molar-refractivity contribution is 5.90. The van der Waals surface area contributed by atoms with Crippen molar-refractivity contribution in [2.45, 2.75) is 24.9 Å². The van der Waals surface area contributed by atoms with Crippen molar-refractivity contribution in [1.29, 1.82) is 0 Å². The van der Waals surface area contributed by atoms with Crippen LogP contribution in [0.1, 0.15) is 19.3 Å². The quantitative estimate of drug-likeness (QED) is 0.694. The lowest BCUT2D eigenvalue weighted by Gasteiger charge is -2.36. The van der Waals surface area contributed by atoms with Crippen molar-refractivity contribution in [3.05, 3.63) is 36.7 Å². The molecule has 0 radical (unpaired) electrons. The van der Waals surface area contributed by atoms with E-state index in [0.717, 1.165) is 30.4 Å². The zero-order valence-electron chi connectivity index (χ0n) is 11.6. The van der Waals surface area contributed by atoms with Gasteiger partial charge in [-0.3, -0.25) is 5.10 Å². The summed E-state index contributed by atoms with van der Waals surface area (Å²) in [7, 11) is 0. The topological polar surface area (TPSA) is 90.0 Å². The van der Waals surface area contributed by atoms with Crippen molar-refractivity contribution >= 4 is 11.7 Å². The van der Waals surface area contributed by atoms with E-state index in [-0.39, 0.29) is 6.03 Å². The maximum atomic E-state index is 11.8. The summed E-state index contributed by atoms with van der Waals surface area (Å²) in [5.74, 6) is 0. The number of amides is 2. The van der Waals surface area contributed by atoms with Gasteiger partial charge in [-0.15, -0.1) is 0 Å². The van der Waals surface area contributed by atoms with Gasteiger partial charge >= 0.3 is 6.03 Å². The number of nitrogens with zero attached hydrogens (tertiary/aromatic N) is 1. The fourth-order valence-corrected chi connectivity index (χ4v) is 2.37. The molecule has 4 N–H and O–H groups in total. The molecule has 6 heteroatoms. The zero-order valence-corrected chi connectivity index (χ0v) is 11.6. The first-order valence-corrected chi connectivity index (χ1v) is 7.01. The molecule has 1 aliphatic carbocycles. The van der Waals surface area contributed by atoms with E-state index in [1.807, 2.05) is 24.3 Å². The summed E-state index contributed by atoms with van der Waals surface area (Å²) in [6, 6.07) is 7.21. The number of hydrogen-bond acceptors (Lipinski definition) is 3. The molecule has 1 heterocycles. The predicted molar refractivity (Wildman–Crippen MR) is 79.8 cm³/mol. The van der Waals surface area contributed by atoms with Crippen molar-refractivity contribution in [2.75, 3.05) is 11.9 Å². The molecule has 0 saturated heterocycles. The molecular formula is C15H18N4O2. The van der Waals surface area contributed by atoms with Crippen LogP contribution in [0.4, 0.5) is 10.5 Å². The Hall–Kier alpha value is -2.34. The number of hydrogen-bond donors (Lipinski definition) is 4. The van der Waals surface area contributed by atoms with Crippen LogP contribution in [0.2, 0.25) is 0 Å². The standard InChI is InChI=1S/C15H18N4O2/c20-14(16-10-15(21)5-2-6-15)19-13-4-1-3-11(7-13)12-8-17-18-9-12/h1,3-4,7-9,21H,2,5-6,10H2,(H,17,18)(H2,16,19,20). The maximum Gasteiger partial charge on any atom is 0.319 e. The Labute approximate surface area is 122 Å². The Morgan fingerprint density at radius 3 is 2.90 bits per heavy atom. The second kappa shape index (κ2) is 5.57. The van der Waals surface area contributed by atoms with Crippen molar-refractivity contribution in [2.24, 2.45) is 0 Å². The minimum atomic E-state index is -0.712. The maximum absolute atomic E-state index is 11.8. The number of benzene rings is 1. The monoisotopic (exact) mass is 286 g/mol. The molecule has 0 aliphatic heterocycles. The molecule has 1 fully saturated rings. The normalized spacial score (nSPS) is 16.0. The number of aromatic nitrogens is 2. The Morgan fingerprint density at radius 2 is 2.24 bits per heavy atom. The van der Waals surface area contributed by atoms with Gasteiger partial charge in [0.25, 0.3) is 0 Å². The predicted octanol–water partition coefficient (Wildman–Crippen LogP) is 2.11. The van der Waals surface area contributed by atoms with Crippen LogP contribution in [0.5, 0.6) is 0 Å². The first-order valence-electron chi connectivity index (χ1n) is 7.01. The van der Waals surface area contributed by atoms with Gasteiger partial charge in [0.1, 0.15) is 0 Å². The molecule has 0 atom stereocenters. The van der Waals surface area contributed by atoms with E-state index in [9.17, 15) is 9.90 Å². The van der Waals surface area contributed by atoms with Gasteiger partial charge in [0, 0.05) is 24.0 Å². The molecule has 3 rings (SSSR count). The van der Waals surface area contributed by atoms with E-state index in [1.54, 1.807) is 12.4 Å². The van der Waals surface area contributed by atoms with Gasteiger partial charge in [-0.1, -0.05) is 12.1 Å². The highest BCUT2D eigenvalue weighted by atomic mass is 16.3. The molecule has 1 aliphatic rings. The third-order valence-electron chi connectivity index (χ3n) is 3.81. The highest BCUT2D eigenvalue weighted by Gasteiger charge is 2.34. The van der Waals surface area contributed by atoms with Crippen LogP contribution in [0, 0.1) is 0 Å². The minimum absolute atomic E-state index is 0.292. The van der Waals surface area contributed by atoms with E-state index in [2.05, 4.69) is 20.8 Å².